The number of carboxylic acid groups (broad SMARTS) is 2. The maximum absolute atomic E-state index is 12.8. The number of hydrogen-bond donors (Lipinski definition) is 12. The summed E-state index contributed by atoms with van der Waals surface area (Å²) in [5, 5.41) is 47.3. The summed E-state index contributed by atoms with van der Waals surface area (Å²) in [5.41, 5.74) is 16.4. The third kappa shape index (κ3) is 16.3. The molecule has 250 valence electrons. The lowest BCUT2D eigenvalue weighted by Crippen LogP contribution is -2.58. The van der Waals surface area contributed by atoms with Gasteiger partial charge in [0.1, 0.15) is 24.2 Å². The molecule has 0 heterocycles. The molecule has 15 N–H and O–H groups in total. The predicted octanol–water partition coefficient (Wildman–Crippen LogP) is -6.30. The highest BCUT2D eigenvalue weighted by atomic mass is 16.4. The summed E-state index contributed by atoms with van der Waals surface area (Å²) in [5.74, 6) is -8.62. The van der Waals surface area contributed by atoms with Crippen molar-refractivity contribution in [2.75, 3.05) is 26.3 Å². The maximum Gasteiger partial charge on any atom is 0.328 e. The summed E-state index contributed by atoms with van der Waals surface area (Å²) >= 11 is 0. The summed E-state index contributed by atoms with van der Waals surface area (Å²) < 4.78 is 0. The molecular weight excluding hydrogens is 592 g/mol. The van der Waals surface area contributed by atoms with E-state index in [9.17, 15) is 43.5 Å². The minimum atomic E-state index is -1.73. The molecule has 0 saturated carbocycles. The predicted molar refractivity (Wildman–Crippen MR) is 149 cm³/mol. The van der Waals surface area contributed by atoms with Crippen molar-refractivity contribution in [2.24, 2.45) is 17.2 Å². The van der Waals surface area contributed by atoms with Crippen LogP contribution >= 0.6 is 0 Å². The first-order valence-corrected chi connectivity index (χ1v) is 13.5. The molecule has 0 aromatic rings. The molecule has 0 aromatic carbocycles. The van der Waals surface area contributed by atoms with Crippen molar-refractivity contribution in [1.82, 2.24) is 26.6 Å². The summed E-state index contributed by atoms with van der Waals surface area (Å²) in [6.45, 7) is -2.39. The lowest BCUT2D eigenvalue weighted by atomic mass is 10.1. The van der Waals surface area contributed by atoms with Gasteiger partial charge in [-0.1, -0.05) is 6.42 Å². The average Bonchev–Trinajstić information content (AvgIpc) is 2.96. The van der Waals surface area contributed by atoms with Crippen LogP contribution in [0.3, 0.4) is 0 Å². The van der Waals surface area contributed by atoms with Crippen LogP contribution in [-0.4, -0.2) is 124 Å². The van der Waals surface area contributed by atoms with Gasteiger partial charge in [0.2, 0.25) is 35.4 Å². The van der Waals surface area contributed by atoms with E-state index in [1.165, 1.54) is 0 Å². The topological polar surface area (TPSA) is 356 Å². The Hall–Kier alpha value is -4.40. The fourth-order valence-electron chi connectivity index (χ4n) is 3.47. The van der Waals surface area contributed by atoms with E-state index in [4.69, 9.17) is 32.5 Å². The van der Waals surface area contributed by atoms with Crippen LogP contribution in [0.5, 0.6) is 0 Å². The number of amides is 6. The number of carbonyl (C=O) groups is 8. The Morgan fingerprint density at radius 3 is 1.66 bits per heavy atom. The van der Waals surface area contributed by atoms with E-state index in [1.54, 1.807) is 0 Å². The number of primary amides is 1. The number of nitrogens with one attached hydrogen (secondary N) is 5. The Morgan fingerprint density at radius 1 is 0.636 bits per heavy atom. The van der Waals surface area contributed by atoms with Gasteiger partial charge in [-0.2, -0.15) is 0 Å². The number of hydrogen-bond acceptors (Lipinski definition) is 12. The molecule has 0 aliphatic carbocycles. The van der Waals surface area contributed by atoms with E-state index in [1.807, 2.05) is 5.32 Å². The Labute approximate surface area is 251 Å². The van der Waals surface area contributed by atoms with Crippen LogP contribution in [0.15, 0.2) is 0 Å². The number of unbranched alkanes of at least 4 members (excludes halogenated alkanes) is 1. The Morgan fingerprint density at radius 2 is 1.16 bits per heavy atom. The second kappa shape index (κ2) is 21.3. The fraction of sp³-hybridized carbons (Fsp3) is 0.667. The second-order valence-corrected chi connectivity index (χ2v) is 9.55. The van der Waals surface area contributed by atoms with Gasteiger partial charge in [0.05, 0.1) is 25.8 Å². The summed E-state index contributed by atoms with van der Waals surface area (Å²) in [6.07, 6.45) is -0.238. The van der Waals surface area contributed by atoms with E-state index >= 15 is 0 Å². The Kier molecular flexibility index (Phi) is 19.2. The molecule has 0 aromatic heterocycles. The van der Waals surface area contributed by atoms with E-state index in [2.05, 4.69) is 21.3 Å². The molecule has 0 bridgehead atoms. The van der Waals surface area contributed by atoms with E-state index in [0.717, 1.165) is 0 Å². The molecule has 44 heavy (non-hydrogen) atoms. The lowest BCUT2D eigenvalue weighted by Gasteiger charge is -2.23. The number of aliphatic carboxylic acids is 2. The smallest absolute Gasteiger partial charge is 0.328 e. The standard InChI is InChI=1S/C24H42N8O12/c25-8-2-1-3-12(26)20(39)30-14(4-6-17(27)35)23(42)31-15(10-33)21(40)28-9-18(36)29-13(5-7-19(37)38)22(41)32-16(11-34)24(43)44/h12-16,33-34H,1-11,25-26H2,(H2,27,35)(H,28,40)(H,29,36)(H,30,39)(H,31,42)(H,32,41)(H,37,38)(H,43,44)/t12-,13-,14-,15-,16-/m0/s1. The van der Waals surface area contributed by atoms with Crippen LogP contribution in [0, 0.1) is 0 Å². The third-order valence-electron chi connectivity index (χ3n) is 5.95. The van der Waals surface area contributed by atoms with Crippen LogP contribution in [0.25, 0.3) is 0 Å². The van der Waals surface area contributed by atoms with Gasteiger partial charge in [-0.05, 0) is 32.2 Å². The van der Waals surface area contributed by atoms with Gasteiger partial charge >= 0.3 is 11.9 Å². The van der Waals surface area contributed by atoms with Crippen molar-refractivity contribution in [1.29, 1.82) is 0 Å². The largest absolute Gasteiger partial charge is 0.481 e. The molecule has 0 radical (unpaired) electrons. The van der Waals surface area contributed by atoms with Crippen molar-refractivity contribution in [3.8, 4) is 0 Å². The molecule has 6 amide bonds. The zero-order valence-electron chi connectivity index (χ0n) is 24.0. The van der Waals surface area contributed by atoms with Crippen LogP contribution in [-0.2, 0) is 38.4 Å². The minimum Gasteiger partial charge on any atom is -0.481 e. The van der Waals surface area contributed by atoms with E-state index < -0.39 is 110 Å². The summed E-state index contributed by atoms with van der Waals surface area (Å²) in [6, 6.07) is -7.31. The molecule has 0 rings (SSSR count). The van der Waals surface area contributed by atoms with Crippen LogP contribution < -0.4 is 43.8 Å². The quantitative estimate of drug-likeness (QED) is 0.0465. The molecule has 0 spiro atoms. The first-order valence-electron chi connectivity index (χ1n) is 13.5. The number of carboxylic acids is 2. The zero-order chi connectivity index (χ0) is 33.8. The van der Waals surface area contributed by atoms with Crippen molar-refractivity contribution < 1.29 is 58.8 Å². The zero-order valence-corrected chi connectivity index (χ0v) is 24.0. The normalized spacial score (nSPS) is 14.1. The highest BCUT2D eigenvalue weighted by Crippen LogP contribution is 2.03. The van der Waals surface area contributed by atoms with E-state index in [-0.39, 0.29) is 19.3 Å². The van der Waals surface area contributed by atoms with Crippen LogP contribution in [0.1, 0.15) is 44.9 Å². The van der Waals surface area contributed by atoms with Crippen molar-refractivity contribution in [3.63, 3.8) is 0 Å². The average molecular weight is 635 g/mol. The fourth-order valence-corrected chi connectivity index (χ4v) is 3.47. The van der Waals surface area contributed by atoms with Gasteiger partial charge in [-0.3, -0.25) is 33.6 Å². The van der Waals surface area contributed by atoms with Gasteiger partial charge in [0.25, 0.3) is 0 Å². The van der Waals surface area contributed by atoms with Crippen molar-refractivity contribution in [3.05, 3.63) is 0 Å². The van der Waals surface area contributed by atoms with Crippen molar-refractivity contribution >= 4 is 47.4 Å². The van der Waals surface area contributed by atoms with Gasteiger partial charge in [-0.15, -0.1) is 0 Å². The van der Waals surface area contributed by atoms with Crippen LogP contribution in [0.2, 0.25) is 0 Å². The molecule has 0 aliphatic heterocycles. The lowest BCUT2D eigenvalue weighted by molar-refractivity contribution is -0.144. The molecule has 0 aliphatic rings. The number of aliphatic hydroxyl groups excluding tert-OH is 2. The summed E-state index contributed by atoms with van der Waals surface area (Å²) in [4.78, 5) is 95.9. The molecule has 20 nitrogen and oxygen atoms in total. The first kappa shape index (κ1) is 39.6. The third-order valence-corrected chi connectivity index (χ3v) is 5.95. The molecule has 5 atom stereocenters. The molecule has 0 fully saturated rings. The van der Waals surface area contributed by atoms with Gasteiger partial charge in [-0.25, -0.2) is 4.79 Å². The molecule has 0 unspecified atom stereocenters. The summed E-state index contributed by atoms with van der Waals surface area (Å²) in [7, 11) is 0. The number of carbonyl (C=O) groups excluding carboxylic acids is 6. The minimum absolute atomic E-state index is 0.261. The Balaban J connectivity index is 5.33. The van der Waals surface area contributed by atoms with Crippen LogP contribution in [0.4, 0.5) is 0 Å². The second-order valence-electron chi connectivity index (χ2n) is 9.55. The van der Waals surface area contributed by atoms with Crippen molar-refractivity contribution in [2.45, 2.75) is 75.2 Å². The molecule has 0 saturated heterocycles. The molecule has 20 heteroatoms. The van der Waals surface area contributed by atoms with Gasteiger partial charge < -0.3 is 64.2 Å². The number of rotatable bonds is 23. The highest BCUT2D eigenvalue weighted by molar-refractivity contribution is 5.95. The Bertz CT molecular complexity index is 1030. The maximum atomic E-state index is 12.8. The molecular formula is C24H42N8O12. The van der Waals surface area contributed by atoms with Gasteiger partial charge in [0, 0.05) is 12.8 Å². The SMILES string of the molecule is NCCCC[C@H](N)C(=O)N[C@@H](CCC(N)=O)C(=O)N[C@@H](CO)C(=O)NCC(=O)N[C@@H](CCC(=O)O)C(=O)N[C@@H](CO)C(=O)O. The van der Waals surface area contributed by atoms with Gasteiger partial charge in [0.15, 0.2) is 0 Å². The number of aliphatic hydroxyl groups is 2. The highest BCUT2D eigenvalue weighted by Gasteiger charge is 2.30. The first-order chi connectivity index (χ1) is 20.7. The van der Waals surface area contributed by atoms with E-state index in [0.29, 0.717) is 19.4 Å². The monoisotopic (exact) mass is 634 g/mol. The number of nitrogens with two attached hydrogens (primary N) is 3.